The smallest absolute Gasteiger partial charge is 0.248 e. The van der Waals surface area contributed by atoms with Crippen LogP contribution in [0.1, 0.15) is 31.3 Å². The molecule has 0 spiro atoms. The number of ether oxygens (including phenoxy) is 3. The second-order valence-electron chi connectivity index (χ2n) is 9.07. The van der Waals surface area contributed by atoms with Crippen molar-refractivity contribution in [2.24, 2.45) is 5.73 Å². The molecule has 4 rings (SSSR count). The number of rotatable bonds is 11. The molecule has 10 nitrogen and oxygen atoms in total. The number of hydrogen-bond acceptors (Lipinski definition) is 8. The van der Waals surface area contributed by atoms with Gasteiger partial charge in [0.15, 0.2) is 5.82 Å². The predicted molar refractivity (Wildman–Crippen MR) is 148 cm³/mol. The van der Waals surface area contributed by atoms with Crippen molar-refractivity contribution in [2.45, 2.75) is 26.8 Å². The van der Waals surface area contributed by atoms with Gasteiger partial charge in [-0.15, -0.1) is 0 Å². The van der Waals surface area contributed by atoms with Crippen LogP contribution in [0.3, 0.4) is 0 Å². The van der Waals surface area contributed by atoms with E-state index in [9.17, 15) is 4.79 Å². The number of hydrogen-bond donors (Lipinski definition) is 2. The lowest BCUT2D eigenvalue weighted by Gasteiger charge is -2.17. The zero-order valence-electron chi connectivity index (χ0n) is 22.5. The number of anilines is 2. The van der Waals surface area contributed by atoms with Crippen LogP contribution in [0.5, 0.6) is 11.5 Å². The molecule has 0 saturated carbocycles. The first-order chi connectivity index (χ1) is 18.6. The molecule has 1 amide bonds. The van der Waals surface area contributed by atoms with Crippen LogP contribution in [0, 0.1) is 12.7 Å². The van der Waals surface area contributed by atoms with Crippen LogP contribution in [0.15, 0.2) is 43.1 Å². The number of methoxy groups -OCH3 is 2. The van der Waals surface area contributed by atoms with E-state index in [1.54, 1.807) is 31.5 Å². The van der Waals surface area contributed by atoms with Crippen LogP contribution >= 0.6 is 0 Å². The van der Waals surface area contributed by atoms with Crippen molar-refractivity contribution in [3.63, 3.8) is 0 Å². The van der Waals surface area contributed by atoms with Crippen LogP contribution in [0.4, 0.5) is 16.0 Å². The van der Waals surface area contributed by atoms with Crippen LogP contribution in [0.2, 0.25) is 0 Å². The third kappa shape index (κ3) is 5.68. The molecular formula is C28H31FN6O4. The summed E-state index contributed by atoms with van der Waals surface area (Å²) >= 11 is 0. The Kier molecular flexibility index (Phi) is 8.10. The van der Waals surface area contributed by atoms with Crippen molar-refractivity contribution in [3.05, 3.63) is 60.3 Å². The number of aromatic nitrogens is 4. The Balaban J connectivity index is 1.74. The number of carbonyl (C=O) groups excluding carboxylic acids is 1. The van der Waals surface area contributed by atoms with Gasteiger partial charge in [-0.2, -0.15) is 0 Å². The molecule has 0 unspecified atom stereocenters. The lowest BCUT2D eigenvalue weighted by Crippen LogP contribution is -2.14. The second kappa shape index (κ2) is 11.5. The average Bonchev–Trinajstić information content (AvgIpc) is 3.25. The van der Waals surface area contributed by atoms with Gasteiger partial charge in [0.25, 0.3) is 0 Å². The van der Waals surface area contributed by atoms with Gasteiger partial charge in [-0.05, 0) is 45.0 Å². The third-order valence-corrected chi connectivity index (χ3v) is 6.11. The van der Waals surface area contributed by atoms with Crippen molar-refractivity contribution in [1.82, 2.24) is 19.5 Å². The molecule has 39 heavy (non-hydrogen) atoms. The minimum Gasteiger partial charge on any atom is -0.494 e. The van der Waals surface area contributed by atoms with E-state index in [0.717, 1.165) is 5.82 Å². The molecule has 0 saturated heterocycles. The van der Waals surface area contributed by atoms with E-state index in [0.29, 0.717) is 51.6 Å². The van der Waals surface area contributed by atoms with Crippen molar-refractivity contribution in [3.8, 4) is 22.8 Å². The Bertz CT molecular complexity index is 1550. The highest BCUT2D eigenvalue weighted by molar-refractivity contribution is 6.19. The number of nitrogens with one attached hydrogen (secondary N) is 1. The molecule has 3 N–H and O–H groups in total. The van der Waals surface area contributed by atoms with E-state index in [-0.39, 0.29) is 24.2 Å². The predicted octanol–water partition coefficient (Wildman–Crippen LogP) is 4.80. The molecule has 4 aromatic rings. The molecule has 2 aromatic carbocycles. The summed E-state index contributed by atoms with van der Waals surface area (Å²) in [6.07, 6.45) is 1.57. The maximum Gasteiger partial charge on any atom is 0.248 e. The SMILES string of the molecule is C=C(C(N)=O)c1cc(Nc2nccc(-c3cc(F)c4nc(C)n(C(C)C)c4c3)n2)c(OC)cc1OCCOC. The summed E-state index contributed by atoms with van der Waals surface area (Å²) in [5.74, 6) is 0.586. The first-order valence-corrected chi connectivity index (χ1v) is 12.3. The molecular weight excluding hydrogens is 503 g/mol. The standard InChI is InChI=1S/C28H31FN6O4/c1-15(2)35-17(4)32-26-20(29)11-18(12-23(26)35)21-7-8-31-28(33-21)34-22-13-19(16(3)27(30)36)24(14-25(22)38-6)39-10-9-37-5/h7-8,11-15H,3,9-10H2,1-2,4-6H3,(H2,30,36)(H,31,33,34). The average molecular weight is 535 g/mol. The maximum atomic E-state index is 15.1. The van der Waals surface area contributed by atoms with Gasteiger partial charge >= 0.3 is 0 Å². The van der Waals surface area contributed by atoms with Gasteiger partial charge in [0.1, 0.15) is 29.4 Å². The first-order valence-electron chi connectivity index (χ1n) is 12.3. The van der Waals surface area contributed by atoms with Gasteiger partial charge in [0.05, 0.1) is 30.6 Å². The van der Waals surface area contributed by atoms with Crippen molar-refractivity contribution < 1.29 is 23.4 Å². The number of nitrogens with zero attached hydrogens (tertiary/aromatic N) is 4. The fraction of sp³-hybridized carbons (Fsp3) is 0.286. The largest absolute Gasteiger partial charge is 0.494 e. The molecule has 0 aliphatic carbocycles. The third-order valence-electron chi connectivity index (χ3n) is 6.11. The number of aryl methyl sites for hydroxylation is 1. The van der Waals surface area contributed by atoms with E-state index in [4.69, 9.17) is 19.9 Å². The topological polar surface area (TPSA) is 126 Å². The van der Waals surface area contributed by atoms with Crippen LogP contribution in [-0.4, -0.2) is 52.9 Å². The summed E-state index contributed by atoms with van der Waals surface area (Å²) in [6.45, 7) is 10.3. The quantitative estimate of drug-likeness (QED) is 0.208. The summed E-state index contributed by atoms with van der Waals surface area (Å²) in [4.78, 5) is 25.2. The van der Waals surface area contributed by atoms with Gasteiger partial charge in [-0.3, -0.25) is 4.79 Å². The monoisotopic (exact) mass is 534 g/mol. The Morgan fingerprint density at radius 2 is 1.92 bits per heavy atom. The number of carbonyl (C=O) groups is 1. The normalized spacial score (nSPS) is 11.2. The zero-order valence-corrected chi connectivity index (χ0v) is 22.5. The van der Waals surface area contributed by atoms with Crippen LogP contribution < -0.4 is 20.5 Å². The highest BCUT2D eigenvalue weighted by Gasteiger charge is 2.19. The molecule has 2 heterocycles. The van der Waals surface area contributed by atoms with E-state index in [1.807, 2.05) is 31.4 Å². The fourth-order valence-corrected chi connectivity index (χ4v) is 4.32. The lowest BCUT2D eigenvalue weighted by atomic mass is 10.0. The Labute approximate surface area is 225 Å². The van der Waals surface area contributed by atoms with E-state index in [1.165, 1.54) is 13.2 Å². The molecule has 0 radical (unpaired) electrons. The van der Waals surface area contributed by atoms with Gasteiger partial charge in [0, 0.05) is 42.1 Å². The number of fused-ring (bicyclic) bond motifs is 1. The number of amides is 1. The van der Waals surface area contributed by atoms with E-state index in [2.05, 4.69) is 26.8 Å². The van der Waals surface area contributed by atoms with Gasteiger partial charge in [-0.25, -0.2) is 19.3 Å². The number of primary amides is 1. The highest BCUT2D eigenvalue weighted by Crippen LogP contribution is 2.37. The lowest BCUT2D eigenvalue weighted by molar-refractivity contribution is -0.112. The number of benzene rings is 2. The number of imidazole rings is 1. The summed E-state index contributed by atoms with van der Waals surface area (Å²) in [5, 5.41) is 3.12. The summed E-state index contributed by atoms with van der Waals surface area (Å²) < 4.78 is 33.4. The van der Waals surface area contributed by atoms with E-state index < -0.39 is 11.7 Å². The Morgan fingerprint density at radius 3 is 2.59 bits per heavy atom. The molecule has 0 fully saturated rings. The molecule has 0 atom stereocenters. The summed E-state index contributed by atoms with van der Waals surface area (Å²) in [5.41, 5.74) is 8.46. The van der Waals surface area contributed by atoms with Crippen molar-refractivity contribution in [1.29, 1.82) is 0 Å². The van der Waals surface area contributed by atoms with Crippen LogP contribution in [-0.2, 0) is 9.53 Å². The molecule has 204 valence electrons. The highest BCUT2D eigenvalue weighted by atomic mass is 19.1. The van der Waals surface area contributed by atoms with Crippen molar-refractivity contribution in [2.75, 3.05) is 32.8 Å². The Morgan fingerprint density at radius 1 is 1.15 bits per heavy atom. The van der Waals surface area contributed by atoms with Crippen molar-refractivity contribution >= 4 is 34.1 Å². The summed E-state index contributed by atoms with van der Waals surface area (Å²) in [6, 6.07) is 8.31. The minimum absolute atomic E-state index is 0.0589. The second-order valence-corrected chi connectivity index (χ2v) is 9.07. The summed E-state index contributed by atoms with van der Waals surface area (Å²) in [7, 11) is 3.05. The first kappa shape index (κ1) is 27.5. The van der Waals surface area contributed by atoms with Gasteiger partial charge in [-0.1, -0.05) is 6.58 Å². The molecule has 0 aliphatic heterocycles. The Hall–Kier alpha value is -4.51. The maximum absolute atomic E-state index is 15.1. The van der Waals surface area contributed by atoms with Crippen LogP contribution in [0.25, 0.3) is 27.9 Å². The minimum atomic E-state index is -0.700. The molecule has 0 bridgehead atoms. The fourth-order valence-electron chi connectivity index (χ4n) is 4.32. The number of halogens is 1. The van der Waals surface area contributed by atoms with Gasteiger partial charge in [0.2, 0.25) is 11.9 Å². The molecule has 2 aromatic heterocycles. The zero-order chi connectivity index (χ0) is 28.3. The van der Waals surface area contributed by atoms with E-state index >= 15 is 4.39 Å². The molecule has 11 heteroatoms. The van der Waals surface area contributed by atoms with Gasteiger partial charge < -0.3 is 29.8 Å². The molecule has 0 aliphatic rings. The number of nitrogens with two attached hydrogens (primary N) is 1.